The molecule has 0 amide bonds. The van der Waals surface area contributed by atoms with Crippen LogP contribution in [0, 0.1) is 6.92 Å². The summed E-state index contributed by atoms with van der Waals surface area (Å²) in [6.07, 6.45) is 0. The predicted octanol–water partition coefficient (Wildman–Crippen LogP) is 4.63. The molecule has 0 fully saturated rings. The van der Waals surface area contributed by atoms with Crippen LogP contribution in [0.25, 0.3) is 0 Å². The molecule has 0 unspecified atom stereocenters. The highest BCUT2D eigenvalue weighted by molar-refractivity contribution is 5.83. The zero-order chi connectivity index (χ0) is 15.5. The van der Waals surface area contributed by atoms with Crippen LogP contribution in [0.15, 0.2) is 72.8 Å². The minimum absolute atomic E-state index is 0.736. The number of nitrogens with zero attached hydrogens (tertiary/aromatic N) is 1. The lowest BCUT2D eigenvalue weighted by Gasteiger charge is -2.26. The van der Waals surface area contributed by atoms with E-state index in [-0.39, 0.29) is 0 Å². The van der Waals surface area contributed by atoms with E-state index in [1.807, 2.05) is 48.5 Å². The van der Waals surface area contributed by atoms with Crippen molar-refractivity contribution in [1.29, 1.82) is 0 Å². The number of anilines is 5. The summed E-state index contributed by atoms with van der Waals surface area (Å²) in [5.41, 5.74) is 17.7. The molecule has 4 N–H and O–H groups in total. The van der Waals surface area contributed by atoms with Crippen LogP contribution in [0.2, 0.25) is 0 Å². The fourth-order valence-electron chi connectivity index (χ4n) is 2.44. The molecule has 0 aliphatic heterocycles. The van der Waals surface area contributed by atoms with Crippen molar-refractivity contribution < 1.29 is 0 Å². The quantitative estimate of drug-likeness (QED) is 0.691. The Morgan fingerprint density at radius 2 is 1.23 bits per heavy atom. The van der Waals surface area contributed by atoms with Crippen LogP contribution >= 0.6 is 0 Å². The molecule has 0 aliphatic rings. The van der Waals surface area contributed by atoms with Gasteiger partial charge in [0.15, 0.2) is 0 Å². The van der Waals surface area contributed by atoms with Crippen molar-refractivity contribution in [2.75, 3.05) is 16.4 Å². The fourth-order valence-corrected chi connectivity index (χ4v) is 2.44. The standard InChI is InChI=1S/C19H19N3/c1-14-6-10-16(11-7-14)22(17-12-8-15(20)9-13-17)19-5-3-2-4-18(19)21/h2-13H,20-21H2,1H3. The van der Waals surface area contributed by atoms with Crippen LogP contribution in [0.3, 0.4) is 0 Å². The molecule has 0 saturated heterocycles. The average Bonchev–Trinajstić information content (AvgIpc) is 2.53. The van der Waals surface area contributed by atoms with E-state index in [0.717, 1.165) is 28.4 Å². The summed E-state index contributed by atoms with van der Waals surface area (Å²) in [5.74, 6) is 0. The van der Waals surface area contributed by atoms with E-state index in [0.29, 0.717) is 0 Å². The number of nitrogen functional groups attached to an aromatic ring is 2. The minimum atomic E-state index is 0.736. The van der Waals surface area contributed by atoms with E-state index in [1.165, 1.54) is 5.56 Å². The first-order valence-corrected chi connectivity index (χ1v) is 7.22. The van der Waals surface area contributed by atoms with Gasteiger partial charge in [0.1, 0.15) is 0 Å². The van der Waals surface area contributed by atoms with Crippen LogP contribution < -0.4 is 16.4 Å². The molecule has 3 aromatic rings. The maximum Gasteiger partial charge on any atom is 0.0691 e. The lowest BCUT2D eigenvalue weighted by Crippen LogP contribution is -2.11. The molecular formula is C19H19N3. The number of hydrogen-bond acceptors (Lipinski definition) is 3. The maximum absolute atomic E-state index is 6.19. The van der Waals surface area contributed by atoms with Gasteiger partial charge in [-0.1, -0.05) is 29.8 Å². The number of rotatable bonds is 3. The number of para-hydroxylation sites is 2. The predicted molar refractivity (Wildman–Crippen MR) is 94.7 cm³/mol. The number of aryl methyl sites for hydroxylation is 1. The molecule has 3 rings (SSSR count). The van der Waals surface area contributed by atoms with Gasteiger partial charge in [0.25, 0.3) is 0 Å². The smallest absolute Gasteiger partial charge is 0.0691 e. The van der Waals surface area contributed by atoms with Gasteiger partial charge in [0.2, 0.25) is 0 Å². The first-order valence-electron chi connectivity index (χ1n) is 7.22. The summed E-state index contributed by atoms with van der Waals surface area (Å²) in [4.78, 5) is 2.13. The molecule has 0 aromatic heterocycles. The van der Waals surface area contributed by atoms with E-state index >= 15 is 0 Å². The normalized spacial score (nSPS) is 10.4. The van der Waals surface area contributed by atoms with Crippen LogP contribution in [0.4, 0.5) is 28.4 Å². The van der Waals surface area contributed by atoms with Gasteiger partial charge in [-0.25, -0.2) is 0 Å². The van der Waals surface area contributed by atoms with E-state index in [2.05, 4.69) is 36.1 Å². The highest BCUT2D eigenvalue weighted by Gasteiger charge is 2.14. The zero-order valence-corrected chi connectivity index (χ0v) is 12.5. The van der Waals surface area contributed by atoms with Crippen LogP contribution in [-0.4, -0.2) is 0 Å². The molecule has 110 valence electrons. The molecule has 3 aromatic carbocycles. The van der Waals surface area contributed by atoms with Crippen molar-refractivity contribution in [2.24, 2.45) is 0 Å². The van der Waals surface area contributed by atoms with Crippen molar-refractivity contribution in [2.45, 2.75) is 6.92 Å². The zero-order valence-electron chi connectivity index (χ0n) is 12.5. The van der Waals surface area contributed by atoms with Gasteiger partial charge in [-0.15, -0.1) is 0 Å². The van der Waals surface area contributed by atoms with Crippen molar-refractivity contribution in [3.63, 3.8) is 0 Å². The van der Waals surface area contributed by atoms with Crippen molar-refractivity contribution in [3.05, 3.63) is 78.4 Å². The second-order valence-corrected chi connectivity index (χ2v) is 5.32. The van der Waals surface area contributed by atoms with Gasteiger partial charge in [0.05, 0.1) is 11.4 Å². The summed E-state index contributed by atoms with van der Waals surface area (Å²) in [6.45, 7) is 2.08. The SMILES string of the molecule is Cc1ccc(N(c2ccc(N)cc2)c2ccccc2N)cc1. The molecule has 3 heteroatoms. The number of hydrogen-bond donors (Lipinski definition) is 2. The van der Waals surface area contributed by atoms with Gasteiger partial charge >= 0.3 is 0 Å². The average molecular weight is 289 g/mol. The third-order valence-corrected chi connectivity index (χ3v) is 3.62. The Morgan fingerprint density at radius 1 is 0.682 bits per heavy atom. The summed E-state index contributed by atoms with van der Waals surface area (Å²) in [7, 11) is 0. The Morgan fingerprint density at radius 3 is 1.82 bits per heavy atom. The first-order chi connectivity index (χ1) is 10.6. The van der Waals surface area contributed by atoms with Crippen LogP contribution in [0.5, 0.6) is 0 Å². The monoisotopic (exact) mass is 289 g/mol. The minimum Gasteiger partial charge on any atom is -0.399 e. The lowest BCUT2D eigenvalue weighted by molar-refractivity contribution is 1.28. The van der Waals surface area contributed by atoms with E-state index < -0.39 is 0 Å². The molecule has 0 spiro atoms. The van der Waals surface area contributed by atoms with Crippen LogP contribution in [0.1, 0.15) is 5.56 Å². The molecule has 3 nitrogen and oxygen atoms in total. The van der Waals surface area contributed by atoms with Crippen molar-refractivity contribution >= 4 is 28.4 Å². The fraction of sp³-hybridized carbons (Fsp3) is 0.0526. The van der Waals surface area contributed by atoms with Gasteiger partial charge in [-0.05, 0) is 55.5 Å². The van der Waals surface area contributed by atoms with E-state index in [9.17, 15) is 0 Å². The Balaban J connectivity index is 2.16. The van der Waals surface area contributed by atoms with Crippen LogP contribution in [-0.2, 0) is 0 Å². The van der Waals surface area contributed by atoms with Gasteiger partial charge < -0.3 is 16.4 Å². The summed E-state index contributed by atoms with van der Waals surface area (Å²) in [5, 5.41) is 0. The second-order valence-electron chi connectivity index (χ2n) is 5.32. The molecule has 0 radical (unpaired) electrons. The molecule has 0 aliphatic carbocycles. The number of benzene rings is 3. The highest BCUT2D eigenvalue weighted by Crippen LogP contribution is 2.37. The Hall–Kier alpha value is -2.94. The highest BCUT2D eigenvalue weighted by atomic mass is 15.1. The van der Waals surface area contributed by atoms with Gasteiger partial charge in [-0.3, -0.25) is 0 Å². The first kappa shape index (κ1) is 14.0. The third kappa shape index (κ3) is 2.74. The molecule has 0 heterocycles. The van der Waals surface area contributed by atoms with Crippen molar-refractivity contribution in [3.8, 4) is 0 Å². The Labute approximate surface area is 130 Å². The second kappa shape index (κ2) is 5.82. The molecule has 0 saturated carbocycles. The third-order valence-electron chi connectivity index (χ3n) is 3.62. The summed E-state index contributed by atoms with van der Waals surface area (Å²) in [6, 6.07) is 24.0. The lowest BCUT2D eigenvalue weighted by atomic mass is 10.1. The molecule has 22 heavy (non-hydrogen) atoms. The van der Waals surface area contributed by atoms with Gasteiger partial charge in [0, 0.05) is 17.1 Å². The van der Waals surface area contributed by atoms with Crippen molar-refractivity contribution in [1.82, 2.24) is 0 Å². The molecular weight excluding hydrogens is 270 g/mol. The maximum atomic E-state index is 6.19. The van der Waals surface area contributed by atoms with E-state index in [1.54, 1.807) is 0 Å². The topological polar surface area (TPSA) is 55.3 Å². The molecule has 0 atom stereocenters. The summed E-state index contributed by atoms with van der Waals surface area (Å²) >= 11 is 0. The number of nitrogens with two attached hydrogens (primary N) is 2. The Kier molecular flexibility index (Phi) is 3.71. The van der Waals surface area contributed by atoms with E-state index in [4.69, 9.17) is 11.5 Å². The molecule has 0 bridgehead atoms. The largest absolute Gasteiger partial charge is 0.399 e. The Bertz CT molecular complexity index is 716. The summed E-state index contributed by atoms with van der Waals surface area (Å²) < 4.78 is 0. The van der Waals surface area contributed by atoms with Gasteiger partial charge in [-0.2, -0.15) is 0 Å².